The summed E-state index contributed by atoms with van der Waals surface area (Å²) >= 11 is 3.37. The van der Waals surface area contributed by atoms with E-state index in [0.29, 0.717) is 17.0 Å². The van der Waals surface area contributed by atoms with Gasteiger partial charge < -0.3 is 4.98 Å². The monoisotopic (exact) mass is 298 g/mol. The lowest BCUT2D eigenvalue weighted by atomic mass is 10.1. The summed E-state index contributed by atoms with van der Waals surface area (Å²) in [5, 5.41) is 8.89. The molecule has 0 aliphatic carbocycles. The van der Waals surface area contributed by atoms with Gasteiger partial charge in [-0.1, -0.05) is 12.1 Å². The largest absolute Gasteiger partial charge is 0.337 e. The van der Waals surface area contributed by atoms with Gasteiger partial charge in [0, 0.05) is 16.2 Å². The van der Waals surface area contributed by atoms with Crippen LogP contribution in [0.15, 0.2) is 41.0 Å². The number of imidazole rings is 1. The maximum Gasteiger partial charge on any atom is 0.178 e. The van der Waals surface area contributed by atoms with Crippen LogP contribution in [0.5, 0.6) is 0 Å². The van der Waals surface area contributed by atoms with Crippen molar-refractivity contribution in [1.82, 2.24) is 15.0 Å². The number of halogens is 1. The van der Waals surface area contributed by atoms with Gasteiger partial charge in [0.15, 0.2) is 5.65 Å². The molecule has 0 amide bonds. The fraction of sp³-hybridized carbons (Fsp3) is 0. The SMILES string of the molecule is N#Cc1cccc(-c2nc3ncc(Br)cc3[nH]2)c1. The first-order valence-electron chi connectivity index (χ1n) is 5.28. The van der Waals surface area contributed by atoms with Crippen LogP contribution in [0.25, 0.3) is 22.6 Å². The van der Waals surface area contributed by atoms with E-state index in [1.165, 1.54) is 0 Å². The first kappa shape index (κ1) is 10.9. The predicted octanol–water partition coefficient (Wildman–Crippen LogP) is 3.26. The third-order valence-electron chi connectivity index (χ3n) is 2.57. The molecule has 5 heteroatoms. The van der Waals surface area contributed by atoms with E-state index >= 15 is 0 Å². The van der Waals surface area contributed by atoms with E-state index in [0.717, 1.165) is 15.6 Å². The van der Waals surface area contributed by atoms with Gasteiger partial charge in [-0.05, 0) is 34.1 Å². The van der Waals surface area contributed by atoms with Crippen molar-refractivity contribution in [3.05, 3.63) is 46.6 Å². The summed E-state index contributed by atoms with van der Waals surface area (Å²) in [7, 11) is 0. The van der Waals surface area contributed by atoms with Gasteiger partial charge in [-0.2, -0.15) is 5.26 Å². The predicted molar refractivity (Wildman–Crippen MR) is 71.7 cm³/mol. The van der Waals surface area contributed by atoms with Crippen LogP contribution in [0.4, 0.5) is 0 Å². The van der Waals surface area contributed by atoms with Crippen molar-refractivity contribution < 1.29 is 0 Å². The molecule has 0 saturated carbocycles. The normalized spacial score (nSPS) is 10.4. The molecule has 0 unspecified atom stereocenters. The Morgan fingerprint density at radius 1 is 1.28 bits per heavy atom. The summed E-state index contributed by atoms with van der Waals surface area (Å²) in [6.07, 6.45) is 1.71. The number of hydrogen-bond acceptors (Lipinski definition) is 3. The van der Waals surface area contributed by atoms with Crippen LogP contribution < -0.4 is 0 Å². The Balaban J connectivity index is 2.16. The van der Waals surface area contributed by atoms with E-state index < -0.39 is 0 Å². The molecule has 1 N–H and O–H groups in total. The zero-order valence-corrected chi connectivity index (χ0v) is 10.8. The maximum absolute atomic E-state index is 8.89. The Morgan fingerprint density at radius 3 is 3.00 bits per heavy atom. The van der Waals surface area contributed by atoms with Gasteiger partial charge in [0.1, 0.15) is 5.82 Å². The number of aromatic nitrogens is 3. The van der Waals surface area contributed by atoms with Gasteiger partial charge in [0.05, 0.1) is 17.1 Å². The van der Waals surface area contributed by atoms with Gasteiger partial charge >= 0.3 is 0 Å². The lowest BCUT2D eigenvalue weighted by molar-refractivity contribution is 1.29. The van der Waals surface area contributed by atoms with Gasteiger partial charge in [0.2, 0.25) is 0 Å². The second-order valence-corrected chi connectivity index (χ2v) is 4.72. The number of rotatable bonds is 1. The molecule has 2 aromatic heterocycles. The Bertz CT molecular complexity index is 770. The zero-order valence-electron chi connectivity index (χ0n) is 9.18. The van der Waals surface area contributed by atoms with Gasteiger partial charge in [-0.3, -0.25) is 0 Å². The average molecular weight is 299 g/mol. The highest BCUT2D eigenvalue weighted by molar-refractivity contribution is 9.10. The fourth-order valence-electron chi connectivity index (χ4n) is 1.75. The molecular formula is C13H7BrN4. The number of nitrogens with one attached hydrogen (secondary N) is 1. The average Bonchev–Trinajstić information content (AvgIpc) is 2.81. The van der Waals surface area contributed by atoms with Crippen LogP contribution in [-0.4, -0.2) is 15.0 Å². The van der Waals surface area contributed by atoms with Crippen LogP contribution in [0.3, 0.4) is 0 Å². The topological polar surface area (TPSA) is 65.4 Å². The molecule has 1 aromatic carbocycles. The summed E-state index contributed by atoms with van der Waals surface area (Å²) in [4.78, 5) is 11.8. The molecule has 0 fully saturated rings. The lowest BCUT2D eigenvalue weighted by Gasteiger charge is -1.95. The van der Waals surface area contributed by atoms with Crippen molar-refractivity contribution in [2.24, 2.45) is 0 Å². The molecule has 86 valence electrons. The highest BCUT2D eigenvalue weighted by Gasteiger charge is 2.07. The molecule has 0 spiro atoms. The number of nitrogens with zero attached hydrogens (tertiary/aromatic N) is 3. The summed E-state index contributed by atoms with van der Waals surface area (Å²) in [6, 6.07) is 11.4. The number of hydrogen-bond donors (Lipinski definition) is 1. The minimum absolute atomic E-state index is 0.613. The lowest BCUT2D eigenvalue weighted by Crippen LogP contribution is -1.81. The molecule has 3 rings (SSSR count). The fourth-order valence-corrected chi connectivity index (χ4v) is 2.08. The smallest absolute Gasteiger partial charge is 0.178 e. The van der Waals surface area contributed by atoms with Crippen LogP contribution >= 0.6 is 15.9 Å². The Labute approximate surface area is 111 Å². The van der Waals surface area contributed by atoms with Crippen molar-refractivity contribution >= 4 is 27.1 Å². The standard InChI is InChI=1S/C13H7BrN4/c14-10-5-11-13(16-7-10)18-12(17-11)9-3-1-2-8(4-9)6-15/h1-5,7H,(H,16,17,18). The first-order chi connectivity index (χ1) is 8.76. The molecule has 18 heavy (non-hydrogen) atoms. The molecule has 0 aliphatic rings. The minimum Gasteiger partial charge on any atom is -0.337 e. The molecule has 0 radical (unpaired) electrons. The Hall–Kier alpha value is -2.19. The number of aromatic amines is 1. The van der Waals surface area contributed by atoms with Crippen molar-refractivity contribution in [3.63, 3.8) is 0 Å². The number of pyridine rings is 1. The van der Waals surface area contributed by atoms with Crippen molar-refractivity contribution in [3.8, 4) is 17.5 Å². The van der Waals surface area contributed by atoms with E-state index in [4.69, 9.17) is 5.26 Å². The molecule has 0 bridgehead atoms. The maximum atomic E-state index is 8.89. The Kier molecular flexibility index (Phi) is 2.58. The zero-order chi connectivity index (χ0) is 12.5. The molecule has 4 nitrogen and oxygen atoms in total. The van der Waals surface area contributed by atoms with Crippen LogP contribution in [0.2, 0.25) is 0 Å². The van der Waals surface area contributed by atoms with E-state index in [1.54, 1.807) is 18.3 Å². The molecular weight excluding hydrogens is 292 g/mol. The third-order valence-corrected chi connectivity index (χ3v) is 3.00. The quantitative estimate of drug-likeness (QED) is 0.750. The molecule has 3 aromatic rings. The van der Waals surface area contributed by atoms with Crippen LogP contribution in [-0.2, 0) is 0 Å². The highest BCUT2D eigenvalue weighted by Crippen LogP contribution is 2.21. The second-order valence-electron chi connectivity index (χ2n) is 3.80. The number of benzene rings is 1. The van der Waals surface area contributed by atoms with E-state index in [2.05, 4.69) is 37.0 Å². The van der Waals surface area contributed by atoms with Crippen LogP contribution in [0.1, 0.15) is 5.56 Å². The second kappa shape index (κ2) is 4.24. The molecule has 0 atom stereocenters. The molecule has 0 aliphatic heterocycles. The summed E-state index contributed by atoms with van der Waals surface area (Å²) < 4.78 is 0.899. The van der Waals surface area contributed by atoms with Crippen molar-refractivity contribution in [1.29, 1.82) is 5.26 Å². The number of H-pyrrole nitrogens is 1. The summed E-state index contributed by atoms with van der Waals surface area (Å²) in [5.74, 6) is 0.715. The van der Waals surface area contributed by atoms with Gasteiger partial charge in [-0.15, -0.1) is 0 Å². The first-order valence-corrected chi connectivity index (χ1v) is 6.07. The van der Waals surface area contributed by atoms with Crippen LogP contribution in [0, 0.1) is 11.3 Å². The highest BCUT2D eigenvalue weighted by atomic mass is 79.9. The van der Waals surface area contributed by atoms with E-state index in [1.807, 2.05) is 18.2 Å². The van der Waals surface area contributed by atoms with Crippen molar-refractivity contribution in [2.75, 3.05) is 0 Å². The minimum atomic E-state index is 0.613. The number of fused-ring (bicyclic) bond motifs is 1. The van der Waals surface area contributed by atoms with Gasteiger partial charge in [-0.25, -0.2) is 9.97 Å². The summed E-state index contributed by atoms with van der Waals surface area (Å²) in [6.45, 7) is 0. The number of nitriles is 1. The van der Waals surface area contributed by atoms with Crippen molar-refractivity contribution in [2.45, 2.75) is 0 Å². The Morgan fingerprint density at radius 2 is 2.17 bits per heavy atom. The summed E-state index contributed by atoms with van der Waals surface area (Å²) in [5.41, 5.74) is 3.02. The third kappa shape index (κ3) is 1.87. The van der Waals surface area contributed by atoms with E-state index in [9.17, 15) is 0 Å². The molecule has 2 heterocycles. The molecule has 0 saturated heterocycles. The van der Waals surface area contributed by atoms with Gasteiger partial charge in [0.25, 0.3) is 0 Å². The van der Waals surface area contributed by atoms with E-state index in [-0.39, 0.29) is 0 Å².